The Hall–Kier alpha value is -2.56. The van der Waals surface area contributed by atoms with Crippen LogP contribution < -0.4 is 11.1 Å². The van der Waals surface area contributed by atoms with Gasteiger partial charge in [-0.1, -0.05) is 29.5 Å². The van der Waals surface area contributed by atoms with Gasteiger partial charge in [-0.25, -0.2) is 9.97 Å². The quantitative estimate of drug-likeness (QED) is 0.454. The number of halogens is 3. The van der Waals surface area contributed by atoms with Crippen molar-refractivity contribution >= 4 is 38.0 Å². The highest BCUT2D eigenvalue weighted by Crippen LogP contribution is 2.34. The molecule has 0 fully saturated rings. The molecule has 4 aromatic rings. The van der Waals surface area contributed by atoms with E-state index < -0.39 is 11.7 Å². The molecule has 0 spiro atoms. The second kappa shape index (κ2) is 8.05. The van der Waals surface area contributed by atoms with E-state index in [1.54, 1.807) is 36.0 Å². The molecule has 0 radical (unpaired) electrons. The van der Waals surface area contributed by atoms with Crippen LogP contribution in [0.25, 0.3) is 20.1 Å². The molecule has 4 rings (SSSR count). The van der Waals surface area contributed by atoms with Crippen molar-refractivity contribution in [1.29, 1.82) is 0 Å². The maximum absolute atomic E-state index is 12.8. The molecular weight excluding hydrogens is 419 g/mol. The summed E-state index contributed by atoms with van der Waals surface area (Å²) in [5.41, 5.74) is 6.88. The fraction of sp³-hybridized carbons (Fsp3) is 0.211. The molecule has 0 aliphatic heterocycles. The molecule has 0 amide bonds. The fourth-order valence-electron chi connectivity index (χ4n) is 2.81. The van der Waals surface area contributed by atoms with Gasteiger partial charge in [-0.2, -0.15) is 13.2 Å². The van der Waals surface area contributed by atoms with E-state index in [1.807, 2.05) is 6.07 Å². The summed E-state index contributed by atoms with van der Waals surface area (Å²) in [6.07, 6.45) is 1.21. The van der Waals surface area contributed by atoms with Crippen LogP contribution in [-0.2, 0) is 12.6 Å². The highest BCUT2D eigenvalue weighted by atomic mass is 32.1. The van der Waals surface area contributed by atoms with E-state index in [4.69, 9.17) is 5.73 Å². The maximum atomic E-state index is 12.8. The summed E-state index contributed by atoms with van der Waals surface area (Å²) in [7, 11) is 0. The summed E-state index contributed by atoms with van der Waals surface area (Å²) in [5.74, 6) is 0. The Bertz CT molecular complexity index is 1090. The monoisotopic (exact) mass is 435 g/mol. The molecule has 29 heavy (non-hydrogen) atoms. The second-order valence-electron chi connectivity index (χ2n) is 6.44. The Morgan fingerprint density at radius 2 is 2.00 bits per heavy atom. The summed E-state index contributed by atoms with van der Waals surface area (Å²) in [6, 6.07) is 6.77. The lowest BCUT2D eigenvalue weighted by molar-refractivity contribution is -0.137. The third-order valence-corrected chi connectivity index (χ3v) is 6.31. The number of nitrogens with zero attached hydrogens (tertiary/aromatic N) is 3. The van der Waals surface area contributed by atoms with Crippen molar-refractivity contribution in [3.8, 4) is 9.88 Å². The van der Waals surface area contributed by atoms with Gasteiger partial charge in [-0.05, 0) is 24.1 Å². The molecule has 3 aromatic heterocycles. The molecular formula is C19H16F3N5S2. The number of pyridine rings is 1. The van der Waals surface area contributed by atoms with Crippen LogP contribution in [0.1, 0.15) is 11.1 Å². The number of hydrogen-bond donors (Lipinski definition) is 2. The Labute approximate surface area is 172 Å². The Morgan fingerprint density at radius 1 is 1.14 bits per heavy atom. The van der Waals surface area contributed by atoms with Crippen molar-refractivity contribution in [3.05, 3.63) is 60.0 Å². The van der Waals surface area contributed by atoms with E-state index >= 15 is 0 Å². The van der Waals surface area contributed by atoms with E-state index in [1.165, 1.54) is 17.4 Å². The van der Waals surface area contributed by atoms with Crippen LogP contribution in [0.4, 0.5) is 18.3 Å². The fourth-order valence-corrected chi connectivity index (χ4v) is 4.60. The number of nitrogens with one attached hydrogen (secondary N) is 1. The number of nitrogens with two attached hydrogens (primary N) is 1. The number of rotatable bonds is 6. The lowest BCUT2D eigenvalue weighted by Gasteiger charge is -2.14. The smallest absolute Gasteiger partial charge is 0.360 e. The van der Waals surface area contributed by atoms with Gasteiger partial charge in [-0.3, -0.25) is 4.98 Å². The van der Waals surface area contributed by atoms with Crippen LogP contribution in [0, 0.1) is 0 Å². The van der Waals surface area contributed by atoms with E-state index in [9.17, 15) is 13.2 Å². The molecule has 3 heterocycles. The zero-order valence-corrected chi connectivity index (χ0v) is 16.6. The highest BCUT2D eigenvalue weighted by Gasteiger charge is 2.30. The minimum absolute atomic E-state index is 0.333. The maximum Gasteiger partial charge on any atom is 0.416 e. The van der Waals surface area contributed by atoms with Crippen molar-refractivity contribution in [3.63, 3.8) is 0 Å². The Morgan fingerprint density at radius 3 is 2.79 bits per heavy atom. The number of fused-ring (bicyclic) bond motifs is 1. The van der Waals surface area contributed by atoms with Crippen molar-refractivity contribution < 1.29 is 13.2 Å². The first-order chi connectivity index (χ1) is 13.9. The Balaban J connectivity index is 1.37. The summed E-state index contributed by atoms with van der Waals surface area (Å²) in [5, 5.41) is 4.72. The first-order valence-electron chi connectivity index (χ1n) is 8.71. The van der Waals surface area contributed by atoms with Gasteiger partial charge in [0.15, 0.2) is 5.13 Å². The largest absolute Gasteiger partial charge is 0.416 e. The molecule has 5 nitrogen and oxygen atoms in total. The van der Waals surface area contributed by atoms with Gasteiger partial charge in [0.25, 0.3) is 0 Å². The van der Waals surface area contributed by atoms with Crippen LogP contribution in [-0.4, -0.2) is 27.5 Å². The van der Waals surface area contributed by atoms with Crippen molar-refractivity contribution in [2.75, 3.05) is 11.9 Å². The third kappa shape index (κ3) is 4.72. The summed E-state index contributed by atoms with van der Waals surface area (Å²) in [4.78, 5) is 13.9. The molecule has 10 heteroatoms. The van der Waals surface area contributed by atoms with E-state index in [2.05, 4.69) is 20.3 Å². The predicted molar refractivity (Wildman–Crippen MR) is 110 cm³/mol. The van der Waals surface area contributed by atoms with Gasteiger partial charge < -0.3 is 11.1 Å². The number of benzene rings is 1. The number of alkyl halides is 3. The third-order valence-electron chi connectivity index (χ3n) is 4.18. The van der Waals surface area contributed by atoms with E-state index in [0.717, 1.165) is 32.2 Å². The Kier molecular flexibility index (Phi) is 5.48. The summed E-state index contributed by atoms with van der Waals surface area (Å²) >= 11 is 3.00. The molecule has 1 aromatic carbocycles. The highest BCUT2D eigenvalue weighted by molar-refractivity contribution is 7.26. The van der Waals surface area contributed by atoms with Crippen molar-refractivity contribution in [2.24, 2.45) is 5.73 Å². The topological polar surface area (TPSA) is 76.7 Å². The van der Waals surface area contributed by atoms with Crippen molar-refractivity contribution in [1.82, 2.24) is 15.0 Å². The van der Waals surface area contributed by atoms with Crippen LogP contribution in [0.15, 0.2) is 48.9 Å². The summed E-state index contributed by atoms with van der Waals surface area (Å²) in [6.45, 7) is 0.396. The van der Waals surface area contributed by atoms with Gasteiger partial charge >= 0.3 is 6.18 Å². The van der Waals surface area contributed by atoms with Gasteiger partial charge in [0.05, 0.1) is 26.9 Å². The van der Waals surface area contributed by atoms with Gasteiger partial charge in [-0.15, -0.1) is 11.3 Å². The van der Waals surface area contributed by atoms with Crippen LogP contribution in [0.3, 0.4) is 0 Å². The van der Waals surface area contributed by atoms with Gasteiger partial charge in [0.2, 0.25) is 0 Å². The molecule has 150 valence electrons. The normalized spacial score (nSPS) is 13.0. The predicted octanol–water partition coefficient (Wildman–Crippen LogP) is 4.82. The first kappa shape index (κ1) is 19.7. The zero-order chi connectivity index (χ0) is 20.4. The molecule has 3 N–H and O–H groups in total. The molecule has 0 saturated carbocycles. The lowest BCUT2D eigenvalue weighted by Crippen LogP contribution is -2.31. The van der Waals surface area contributed by atoms with Crippen LogP contribution in [0.5, 0.6) is 0 Å². The van der Waals surface area contributed by atoms with Crippen molar-refractivity contribution in [2.45, 2.75) is 18.6 Å². The standard InChI is InChI=1S/C19H16F3N5S2/c20-19(21,22)12-3-1-2-11(6-12)7-13(23)8-25-18-26-10-16(29-18)17-27-14-4-5-24-9-15(14)28-17/h1-6,9-10,13H,7-8,23H2,(H,25,26)/t13-/m0/s1. The molecule has 0 unspecified atom stereocenters. The summed E-state index contributed by atoms with van der Waals surface area (Å²) < 4.78 is 39.5. The molecule has 1 atom stereocenters. The second-order valence-corrected chi connectivity index (χ2v) is 8.50. The SMILES string of the molecule is N[C@H](CNc1ncc(-c2nc3ccncc3s2)s1)Cc1cccc(C(F)(F)F)c1. The zero-order valence-electron chi connectivity index (χ0n) is 15.0. The number of thiazole rings is 2. The molecule has 0 aliphatic rings. The van der Waals surface area contributed by atoms with Crippen LogP contribution in [0.2, 0.25) is 0 Å². The lowest BCUT2D eigenvalue weighted by atomic mass is 10.0. The molecule has 0 saturated heterocycles. The minimum Gasteiger partial charge on any atom is -0.360 e. The van der Waals surface area contributed by atoms with Gasteiger partial charge in [0, 0.05) is 25.0 Å². The number of aromatic nitrogens is 3. The van der Waals surface area contributed by atoms with Gasteiger partial charge in [0.1, 0.15) is 5.01 Å². The van der Waals surface area contributed by atoms with Crippen LogP contribution >= 0.6 is 22.7 Å². The first-order valence-corrected chi connectivity index (χ1v) is 10.3. The number of anilines is 1. The average molecular weight is 436 g/mol. The molecule has 0 aliphatic carbocycles. The van der Waals surface area contributed by atoms with E-state index in [-0.39, 0.29) is 6.04 Å². The number of hydrogen-bond acceptors (Lipinski definition) is 7. The molecule has 0 bridgehead atoms. The average Bonchev–Trinajstić information content (AvgIpc) is 3.32. The minimum atomic E-state index is -4.35. The van der Waals surface area contributed by atoms with E-state index in [0.29, 0.717) is 23.7 Å².